The molecule has 0 saturated carbocycles. The van der Waals surface area contributed by atoms with Gasteiger partial charge in [-0.05, 0) is 17.7 Å². The lowest BCUT2D eigenvalue weighted by Gasteiger charge is -2.13. The fraction of sp³-hybridized carbons (Fsp3) is 0.444. The van der Waals surface area contributed by atoms with Gasteiger partial charge in [0.15, 0.2) is 0 Å². The first-order chi connectivity index (χ1) is 5.88. The lowest BCUT2D eigenvalue weighted by atomic mass is 9.96. The number of hydrogen-bond donors (Lipinski definition) is 2. The molecule has 1 aliphatic heterocycles. The smallest absolute Gasteiger partial charge is 0.0270 e. The number of nitrogens with zero attached hydrogens (tertiary/aromatic N) is 1. The van der Waals surface area contributed by atoms with Gasteiger partial charge in [0.05, 0.1) is 0 Å². The molecular weight excluding hydrogens is 150 g/mol. The summed E-state index contributed by atoms with van der Waals surface area (Å²) < 4.78 is 0. The Labute approximate surface area is 72.0 Å². The maximum absolute atomic E-state index is 5.93. The van der Waals surface area contributed by atoms with Gasteiger partial charge in [-0.15, -0.1) is 0 Å². The SMILES string of the molecule is NC1CNCC1c1ccncc1. The van der Waals surface area contributed by atoms with Gasteiger partial charge in [-0.3, -0.25) is 4.98 Å². The Bertz CT molecular complexity index is 247. The van der Waals surface area contributed by atoms with Crippen LogP contribution in [0.15, 0.2) is 24.5 Å². The van der Waals surface area contributed by atoms with E-state index in [-0.39, 0.29) is 6.04 Å². The van der Waals surface area contributed by atoms with Crippen LogP contribution in [0.5, 0.6) is 0 Å². The van der Waals surface area contributed by atoms with Gasteiger partial charge in [0.25, 0.3) is 0 Å². The van der Waals surface area contributed by atoms with Gasteiger partial charge < -0.3 is 11.1 Å². The van der Waals surface area contributed by atoms with Crippen molar-refractivity contribution >= 4 is 0 Å². The van der Waals surface area contributed by atoms with Crippen LogP contribution in [-0.2, 0) is 0 Å². The van der Waals surface area contributed by atoms with Gasteiger partial charge in [-0.25, -0.2) is 0 Å². The Hall–Kier alpha value is -0.930. The molecule has 2 heterocycles. The van der Waals surface area contributed by atoms with E-state index in [0.29, 0.717) is 5.92 Å². The molecule has 2 unspecified atom stereocenters. The van der Waals surface area contributed by atoms with E-state index < -0.39 is 0 Å². The number of aromatic nitrogens is 1. The van der Waals surface area contributed by atoms with Crippen molar-refractivity contribution in [3.8, 4) is 0 Å². The molecule has 3 heteroatoms. The first-order valence-electron chi connectivity index (χ1n) is 4.24. The van der Waals surface area contributed by atoms with Crippen molar-refractivity contribution in [3.63, 3.8) is 0 Å². The van der Waals surface area contributed by atoms with Crippen LogP contribution < -0.4 is 11.1 Å². The Morgan fingerprint density at radius 2 is 2.08 bits per heavy atom. The summed E-state index contributed by atoms with van der Waals surface area (Å²) in [5.41, 5.74) is 7.22. The van der Waals surface area contributed by atoms with Crippen molar-refractivity contribution in [3.05, 3.63) is 30.1 Å². The Kier molecular flexibility index (Phi) is 2.06. The van der Waals surface area contributed by atoms with E-state index in [0.717, 1.165) is 13.1 Å². The zero-order valence-corrected chi connectivity index (χ0v) is 6.90. The van der Waals surface area contributed by atoms with Crippen LogP contribution >= 0.6 is 0 Å². The van der Waals surface area contributed by atoms with Crippen LogP contribution in [-0.4, -0.2) is 24.1 Å². The van der Waals surface area contributed by atoms with E-state index in [1.54, 1.807) is 0 Å². The summed E-state index contributed by atoms with van der Waals surface area (Å²) in [5.74, 6) is 0.466. The third-order valence-corrected chi connectivity index (χ3v) is 2.40. The summed E-state index contributed by atoms with van der Waals surface area (Å²) >= 11 is 0. The average Bonchev–Trinajstić information content (AvgIpc) is 2.53. The Morgan fingerprint density at radius 1 is 1.33 bits per heavy atom. The van der Waals surface area contributed by atoms with E-state index in [2.05, 4.69) is 10.3 Å². The molecule has 0 bridgehead atoms. The van der Waals surface area contributed by atoms with E-state index in [1.165, 1.54) is 5.56 Å². The fourth-order valence-electron chi connectivity index (χ4n) is 1.67. The summed E-state index contributed by atoms with van der Waals surface area (Å²) in [7, 11) is 0. The summed E-state index contributed by atoms with van der Waals surface area (Å²) in [5, 5.41) is 3.28. The molecule has 1 aromatic rings. The quantitative estimate of drug-likeness (QED) is 0.617. The minimum atomic E-state index is 0.257. The zero-order valence-electron chi connectivity index (χ0n) is 6.90. The van der Waals surface area contributed by atoms with Gasteiger partial charge in [-0.2, -0.15) is 0 Å². The molecule has 2 rings (SSSR count). The monoisotopic (exact) mass is 163 g/mol. The van der Waals surface area contributed by atoms with E-state index in [4.69, 9.17) is 5.73 Å². The molecule has 3 N–H and O–H groups in total. The molecule has 1 fully saturated rings. The van der Waals surface area contributed by atoms with Gasteiger partial charge >= 0.3 is 0 Å². The minimum Gasteiger partial charge on any atom is -0.326 e. The predicted octanol–water partition coefficient (Wildman–Crippen LogP) is 0.0957. The maximum atomic E-state index is 5.93. The fourth-order valence-corrected chi connectivity index (χ4v) is 1.67. The molecule has 1 aromatic heterocycles. The molecule has 64 valence electrons. The van der Waals surface area contributed by atoms with Gasteiger partial charge in [-0.1, -0.05) is 0 Å². The van der Waals surface area contributed by atoms with Crippen LogP contribution in [0.4, 0.5) is 0 Å². The van der Waals surface area contributed by atoms with Crippen LogP contribution in [0.25, 0.3) is 0 Å². The number of nitrogens with two attached hydrogens (primary N) is 1. The molecule has 0 radical (unpaired) electrons. The Morgan fingerprint density at radius 3 is 2.67 bits per heavy atom. The third-order valence-electron chi connectivity index (χ3n) is 2.40. The van der Waals surface area contributed by atoms with Crippen molar-refractivity contribution in [1.82, 2.24) is 10.3 Å². The second kappa shape index (κ2) is 3.21. The van der Waals surface area contributed by atoms with Crippen molar-refractivity contribution in [2.75, 3.05) is 13.1 Å². The Balaban J connectivity index is 2.19. The van der Waals surface area contributed by atoms with Crippen LogP contribution in [0, 0.1) is 0 Å². The second-order valence-corrected chi connectivity index (χ2v) is 3.21. The highest BCUT2D eigenvalue weighted by atomic mass is 15.0. The summed E-state index contributed by atoms with van der Waals surface area (Å²) in [4.78, 5) is 3.98. The van der Waals surface area contributed by atoms with Gasteiger partial charge in [0.1, 0.15) is 0 Å². The predicted molar refractivity (Wildman–Crippen MR) is 47.8 cm³/mol. The number of nitrogens with one attached hydrogen (secondary N) is 1. The third kappa shape index (κ3) is 1.33. The first-order valence-corrected chi connectivity index (χ1v) is 4.24. The molecule has 1 saturated heterocycles. The summed E-state index contributed by atoms with van der Waals surface area (Å²) in [6, 6.07) is 4.34. The molecule has 1 aliphatic rings. The minimum absolute atomic E-state index is 0.257. The second-order valence-electron chi connectivity index (χ2n) is 3.21. The van der Waals surface area contributed by atoms with E-state index in [1.807, 2.05) is 24.5 Å². The number of rotatable bonds is 1. The molecular formula is C9H13N3. The number of pyridine rings is 1. The maximum Gasteiger partial charge on any atom is 0.0270 e. The van der Waals surface area contributed by atoms with Crippen molar-refractivity contribution in [1.29, 1.82) is 0 Å². The van der Waals surface area contributed by atoms with Crippen LogP contribution in [0.3, 0.4) is 0 Å². The summed E-state index contributed by atoms with van der Waals surface area (Å²) in [6.45, 7) is 1.91. The van der Waals surface area contributed by atoms with Crippen LogP contribution in [0.2, 0.25) is 0 Å². The molecule has 0 aromatic carbocycles. The van der Waals surface area contributed by atoms with Crippen molar-refractivity contribution in [2.45, 2.75) is 12.0 Å². The summed E-state index contributed by atoms with van der Waals surface area (Å²) in [6.07, 6.45) is 3.64. The number of hydrogen-bond acceptors (Lipinski definition) is 3. The van der Waals surface area contributed by atoms with Crippen LogP contribution in [0.1, 0.15) is 11.5 Å². The molecule has 3 nitrogen and oxygen atoms in total. The lowest BCUT2D eigenvalue weighted by Crippen LogP contribution is -2.27. The zero-order chi connectivity index (χ0) is 8.39. The van der Waals surface area contributed by atoms with E-state index in [9.17, 15) is 0 Å². The highest BCUT2D eigenvalue weighted by Gasteiger charge is 2.24. The first kappa shape index (κ1) is 7.71. The largest absolute Gasteiger partial charge is 0.326 e. The molecule has 12 heavy (non-hydrogen) atoms. The highest BCUT2D eigenvalue weighted by Crippen LogP contribution is 2.20. The lowest BCUT2D eigenvalue weighted by molar-refractivity contribution is 0.652. The highest BCUT2D eigenvalue weighted by molar-refractivity contribution is 5.20. The van der Waals surface area contributed by atoms with Crippen molar-refractivity contribution in [2.24, 2.45) is 5.73 Å². The standard InChI is InChI=1S/C9H13N3/c10-9-6-12-5-8(9)7-1-3-11-4-2-7/h1-4,8-9,12H,5-6,10H2. The average molecular weight is 163 g/mol. The van der Waals surface area contributed by atoms with Gasteiger partial charge in [0.2, 0.25) is 0 Å². The molecule has 2 atom stereocenters. The normalized spacial score (nSPS) is 29.1. The molecule has 0 spiro atoms. The van der Waals surface area contributed by atoms with Crippen molar-refractivity contribution < 1.29 is 0 Å². The molecule has 0 aliphatic carbocycles. The topological polar surface area (TPSA) is 50.9 Å². The van der Waals surface area contributed by atoms with Gasteiger partial charge in [0, 0.05) is 37.4 Å². The molecule has 0 amide bonds. The van der Waals surface area contributed by atoms with E-state index >= 15 is 0 Å².